The zero-order valence-electron chi connectivity index (χ0n) is 16.4. The summed E-state index contributed by atoms with van der Waals surface area (Å²) >= 11 is 0. The number of ether oxygens (including phenoxy) is 4. The first-order valence-corrected chi connectivity index (χ1v) is 9.94. The van der Waals surface area contributed by atoms with Crippen LogP contribution >= 0.6 is 0 Å². The first kappa shape index (κ1) is 19.6. The molecule has 3 saturated heterocycles. The van der Waals surface area contributed by atoms with Crippen LogP contribution in [0.1, 0.15) is 49.9 Å². The molecule has 1 unspecified atom stereocenters. The molecule has 1 aromatic carbocycles. The largest absolute Gasteiger partial charge is 0.478 e. The van der Waals surface area contributed by atoms with E-state index < -0.39 is 24.3 Å². The molecular formula is C20H28N2O6. The highest BCUT2D eigenvalue weighted by Gasteiger charge is 2.60. The van der Waals surface area contributed by atoms with E-state index in [0.29, 0.717) is 5.75 Å². The Morgan fingerprint density at radius 2 is 1.61 bits per heavy atom. The summed E-state index contributed by atoms with van der Waals surface area (Å²) in [5.41, 5.74) is 0.215. The number of hydrogen-bond donors (Lipinski definition) is 1. The molecule has 3 heterocycles. The van der Waals surface area contributed by atoms with Gasteiger partial charge in [-0.05, 0) is 63.8 Å². The van der Waals surface area contributed by atoms with E-state index in [9.17, 15) is 4.79 Å². The first-order chi connectivity index (χ1) is 13.4. The van der Waals surface area contributed by atoms with Gasteiger partial charge in [-0.1, -0.05) is 0 Å². The Labute approximate surface area is 164 Å². The lowest BCUT2D eigenvalue weighted by Gasteiger charge is -2.55. The molecule has 0 radical (unpaired) electrons. The second-order valence-electron chi connectivity index (χ2n) is 7.94. The standard InChI is InChI=1S/C20H28N2O6/c1-19(2)27-20(28-19,22-13-5-6-14-22)26-18(21-11-3-4-12-21)25-16-9-7-15(8-10-16)17(23)24/h7-10,18H,3-6,11-14H2,1-2H3,(H,23,24). The average Bonchev–Trinajstić information content (AvgIpc) is 3.34. The molecule has 4 rings (SSSR count). The summed E-state index contributed by atoms with van der Waals surface area (Å²) in [6.45, 7) is 7.13. The zero-order chi connectivity index (χ0) is 19.8. The number of hydrogen-bond acceptors (Lipinski definition) is 7. The Bertz CT molecular complexity index is 687. The van der Waals surface area contributed by atoms with Gasteiger partial charge in [0.25, 0.3) is 6.41 Å². The minimum absolute atomic E-state index is 0.215. The van der Waals surface area contributed by atoms with Gasteiger partial charge in [-0.15, -0.1) is 0 Å². The summed E-state index contributed by atoms with van der Waals surface area (Å²) in [5.74, 6) is -1.14. The van der Waals surface area contributed by atoms with Gasteiger partial charge in [-0.2, -0.15) is 0 Å². The van der Waals surface area contributed by atoms with Crippen LogP contribution in [0.4, 0.5) is 0 Å². The molecular weight excluding hydrogens is 364 g/mol. The third-order valence-corrected chi connectivity index (χ3v) is 5.27. The molecule has 0 saturated carbocycles. The topological polar surface area (TPSA) is 80.7 Å². The smallest absolute Gasteiger partial charge is 0.362 e. The van der Waals surface area contributed by atoms with E-state index in [0.717, 1.165) is 51.9 Å². The Balaban J connectivity index is 1.52. The van der Waals surface area contributed by atoms with Gasteiger partial charge < -0.3 is 9.84 Å². The lowest BCUT2D eigenvalue weighted by molar-refractivity contribution is -0.632. The van der Waals surface area contributed by atoms with Crippen molar-refractivity contribution in [3.63, 3.8) is 0 Å². The molecule has 1 aromatic rings. The van der Waals surface area contributed by atoms with Crippen LogP contribution in [0.25, 0.3) is 0 Å². The maximum absolute atomic E-state index is 11.1. The first-order valence-electron chi connectivity index (χ1n) is 9.94. The quantitative estimate of drug-likeness (QED) is 0.710. The van der Waals surface area contributed by atoms with Crippen LogP contribution in [0.3, 0.4) is 0 Å². The van der Waals surface area contributed by atoms with Crippen molar-refractivity contribution in [2.75, 3.05) is 26.2 Å². The molecule has 0 amide bonds. The molecule has 8 nitrogen and oxygen atoms in total. The van der Waals surface area contributed by atoms with Gasteiger partial charge in [0.05, 0.1) is 5.56 Å². The summed E-state index contributed by atoms with van der Waals surface area (Å²) in [7, 11) is 0. The van der Waals surface area contributed by atoms with Crippen LogP contribution in [-0.4, -0.2) is 65.4 Å². The highest BCUT2D eigenvalue weighted by molar-refractivity contribution is 5.87. The number of carboxylic acid groups (broad SMARTS) is 1. The molecule has 28 heavy (non-hydrogen) atoms. The Morgan fingerprint density at radius 3 is 2.14 bits per heavy atom. The molecule has 3 aliphatic heterocycles. The Kier molecular flexibility index (Phi) is 5.32. The highest BCUT2D eigenvalue weighted by Crippen LogP contribution is 2.44. The maximum atomic E-state index is 11.1. The number of benzene rings is 1. The van der Waals surface area contributed by atoms with Crippen LogP contribution in [0.2, 0.25) is 0 Å². The summed E-state index contributed by atoms with van der Waals surface area (Å²) < 4.78 is 24.6. The second-order valence-corrected chi connectivity index (χ2v) is 7.94. The maximum Gasteiger partial charge on any atom is 0.362 e. The Hall–Kier alpha value is -1.71. The number of carboxylic acids is 1. The van der Waals surface area contributed by atoms with Crippen molar-refractivity contribution in [1.82, 2.24) is 9.80 Å². The van der Waals surface area contributed by atoms with Crippen molar-refractivity contribution in [1.29, 1.82) is 0 Å². The Morgan fingerprint density at radius 1 is 1.04 bits per heavy atom. The van der Waals surface area contributed by atoms with Gasteiger partial charge in [-0.25, -0.2) is 14.6 Å². The SMILES string of the molecule is CC1(C)OC(OC(Oc2ccc(C(=O)O)cc2)N2CCCC2)(N2CCCC2)O1. The number of nitrogens with zero attached hydrogens (tertiary/aromatic N) is 2. The van der Waals surface area contributed by atoms with Crippen LogP contribution in [0.5, 0.6) is 5.75 Å². The minimum atomic E-state index is -1.24. The molecule has 3 fully saturated rings. The zero-order valence-corrected chi connectivity index (χ0v) is 16.4. The van der Waals surface area contributed by atoms with Crippen molar-refractivity contribution in [2.24, 2.45) is 0 Å². The molecule has 1 N–H and O–H groups in total. The monoisotopic (exact) mass is 392 g/mol. The van der Waals surface area contributed by atoms with Crippen LogP contribution < -0.4 is 4.74 Å². The van der Waals surface area contributed by atoms with Gasteiger partial charge >= 0.3 is 12.1 Å². The summed E-state index contributed by atoms with van der Waals surface area (Å²) in [6, 6.07) is 6.33. The van der Waals surface area contributed by atoms with Gasteiger partial charge in [-0.3, -0.25) is 14.2 Å². The third-order valence-electron chi connectivity index (χ3n) is 5.27. The van der Waals surface area contributed by atoms with Gasteiger partial charge in [0.2, 0.25) is 0 Å². The molecule has 0 spiro atoms. The molecule has 0 aromatic heterocycles. The van der Waals surface area contributed by atoms with Gasteiger partial charge in [0.15, 0.2) is 5.79 Å². The van der Waals surface area contributed by atoms with Crippen molar-refractivity contribution in [3.8, 4) is 5.75 Å². The van der Waals surface area contributed by atoms with Crippen molar-refractivity contribution < 1.29 is 28.8 Å². The predicted octanol–water partition coefficient (Wildman–Crippen LogP) is 2.65. The molecule has 0 aliphatic carbocycles. The van der Waals surface area contributed by atoms with E-state index in [1.165, 1.54) is 12.1 Å². The second kappa shape index (κ2) is 7.61. The fraction of sp³-hybridized carbons (Fsp3) is 0.650. The lowest BCUT2D eigenvalue weighted by Crippen LogP contribution is -2.71. The fourth-order valence-electron chi connectivity index (χ4n) is 3.92. The molecule has 3 aliphatic rings. The van der Waals surface area contributed by atoms with E-state index in [-0.39, 0.29) is 5.56 Å². The van der Waals surface area contributed by atoms with Crippen LogP contribution in [-0.2, 0) is 14.2 Å². The van der Waals surface area contributed by atoms with Crippen LogP contribution in [0.15, 0.2) is 24.3 Å². The predicted molar refractivity (Wildman–Crippen MR) is 99.5 cm³/mol. The van der Waals surface area contributed by atoms with Crippen molar-refractivity contribution in [2.45, 2.75) is 57.8 Å². The van der Waals surface area contributed by atoms with E-state index in [4.69, 9.17) is 24.1 Å². The van der Waals surface area contributed by atoms with Gasteiger partial charge in [0, 0.05) is 26.2 Å². The normalized spacial score (nSPS) is 25.4. The van der Waals surface area contributed by atoms with E-state index in [1.807, 2.05) is 13.8 Å². The highest BCUT2D eigenvalue weighted by atomic mass is 17.0. The molecule has 0 bridgehead atoms. The fourth-order valence-corrected chi connectivity index (χ4v) is 3.92. The molecule has 8 heteroatoms. The van der Waals surface area contributed by atoms with Gasteiger partial charge in [0.1, 0.15) is 5.75 Å². The number of rotatable bonds is 7. The summed E-state index contributed by atoms with van der Waals surface area (Å²) in [6.07, 6.45) is 2.37. The summed E-state index contributed by atoms with van der Waals surface area (Å²) in [5, 5.41) is 9.08. The average molecular weight is 392 g/mol. The van der Waals surface area contributed by atoms with Crippen molar-refractivity contribution in [3.05, 3.63) is 29.8 Å². The molecule has 154 valence electrons. The van der Waals surface area contributed by atoms with E-state index >= 15 is 0 Å². The third kappa shape index (κ3) is 4.01. The summed E-state index contributed by atoms with van der Waals surface area (Å²) in [4.78, 5) is 15.3. The van der Waals surface area contributed by atoms with E-state index in [2.05, 4.69) is 9.80 Å². The van der Waals surface area contributed by atoms with Crippen molar-refractivity contribution >= 4 is 5.97 Å². The number of likely N-dealkylation sites (tertiary alicyclic amines) is 2. The number of carbonyl (C=O) groups is 1. The lowest BCUT2D eigenvalue weighted by atomic mass is 10.2. The van der Waals surface area contributed by atoms with E-state index in [1.54, 1.807) is 12.1 Å². The number of aromatic carboxylic acids is 1. The molecule has 1 atom stereocenters. The minimum Gasteiger partial charge on any atom is -0.478 e. The van der Waals surface area contributed by atoms with Crippen LogP contribution in [0, 0.1) is 0 Å².